The zero-order valence-corrected chi connectivity index (χ0v) is 8.72. The van der Waals surface area contributed by atoms with Crippen LogP contribution in [-0.2, 0) is 22.2 Å². The van der Waals surface area contributed by atoms with Crippen LogP contribution in [-0.4, -0.2) is 13.9 Å². The molecule has 0 aliphatic rings. The van der Waals surface area contributed by atoms with Crippen molar-refractivity contribution in [3.63, 3.8) is 0 Å². The number of hydrogen-bond acceptors (Lipinski definition) is 3. The number of hydrogen-bond donors (Lipinski definition) is 1. The molecule has 0 radical (unpaired) electrons. The molecule has 1 aromatic heterocycles. The quantitative estimate of drug-likeness (QED) is 0.743. The van der Waals surface area contributed by atoms with E-state index in [4.69, 9.17) is 9.08 Å². The van der Waals surface area contributed by atoms with Gasteiger partial charge in [-0.05, 0) is 0 Å². The van der Waals surface area contributed by atoms with E-state index >= 15 is 0 Å². The van der Waals surface area contributed by atoms with Gasteiger partial charge in [-0.15, -0.1) is 0 Å². The Bertz CT molecular complexity index is 313. The van der Waals surface area contributed by atoms with Crippen molar-refractivity contribution in [2.45, 2.75) is 31.9 Å². The molecule has 0 saturated carbocycles. The van der Waals surface area contributed by atoms with Crippen LogP contribution in [0.5, 0.6) is 0 Å². The minimum atomic E-state index is -1.85. The standard InChI is InChI=1S/C8H13NO3S/c1-8(2,3)7-4-6(9-12-7)5-13(10)11/h4H,5H2,1-3H3,(H,10,11). The lowest BCUT2D eigenvalue weighted by Crippen LogP contribution is -2.09. The molecule has 1 unspecified atom stereocenters. The maximum absolute atomic E-state index is 10.5. The Labute approximate surface area is 79.6 Å². The molecule has 0 aromatic carbocycles. The van der Waals surface area contributed by atoms with Gasteiger partial charge in [0.1, 0.15) is 5.76 Å². The second-order valence-corrected chi connectivity index (χ2v) is 4.83. The van der Waals surface area contributed by atoms with Crippen molar-refractivity contribution in [1.29, 1.82) is 0 Å². The molecular formula is C8H13NO3S. The van der Waals surface area contributed by atoms with Crippen molar-refractivity contribution < 1.29 is 13.3 Å². The third-order valence-electron chi connectivity index (χ3n) is 1.57. The van der Waals surface area contributed by atoms with E-state index in [1.54, 1.807) is 6.07 Å². The fourth-order valence-electron chi connectivity index (χ4n) is 0.860. The number of nitrogens with zero attached hydrogens (tertiary/aromatic N) is 1. The van der Waals surface area contributed by atoms with E-state index in [1.807, 2.05) is 20.8 Å². The molecule has 1 rings (SSSR count). The maximum Gasteiger partial charge on any atom is 0.159 e. The molecule has 0 bridgehead atoms. The SMILES string of the molecule is CC(C)(C)c1cc(CS(=O)O)no1. The fourth-order valence-corrected chi connectivity index (χ4v) is 1.25. The summed E-state index contributed by atoms with van der Waals surface area (Å²) in [6.07, 6.45) is 0. The van der Waals surface area contributed by atoms with E-state index < -0.39 is 11.1 Å². The van der Waals surface area contributed by atoms with E-state index in [0.29, 0.717) is 5.69 Å². The van der Waals surface area contributed by atoms with Crippen LogP contribution < -0.4 is 0 Å². The molecule has 0 aliphatic heterocycles. The third kappa shape index (κ3) is 2.93. The molecule has 1 N–H and O–H groups in total. The zero-order chi connectivity index (χ0) is 10.1. The van der Waals surface area contributed by atoms with Gasteiger partial charge in [-0.3, -0.25) is 0 Å². The first kappa shape index (κ1) is 10.4. The molecule has 0 saturated heterocycles. The summed E-state index contributed by atoms with van der Waals surface area (Å²) in [6.45, 7) is 5.98. The Morgan fingerprint density at radius 3 is 2.62 bits per heavy atom. The van der Waals surface area contributed by atoms with Gasteiger partial charge < -0.3 is 9.08 Å². The van der Waals surface area contributed by atoms with E-state index in [2.05, 4.69) is 5.16 Å². The van der Waals surface area contributed by atoms with Crippen LogP contribution >= 0.6 is 0 Å². The zero-order valence-electron chi connectivity index (χ0n) is 7.90. The monoisotopic (exact) mass is 203 g/mol. The van der Waals surface area contributed by atoms with Gasteiger partial charge in [0, 0.05) is 11.5 Å². The highest BCUT2D eigenvalue weighted by Gasteiger charge is 2.19. The van der Waals surface area contributed by atoms with Crippen molar-refractivity contribution >= 4 is 11.1 Å². The molecule has 1 heterocycles. The topological polar surface area (TPSA) is 63.3 Å². The normalized spacial score (nSPS) is 14.5. The largest absolute Gasteiger partial charge is 0.361 e. The minimum Gasteiger partial charge on any atom is -0.361 e. The molecule has 0 spiro atoms. The van der Waals surface area contributed by atoms with Crippen LogP contribution in [0.2, 0.25) is 0 Å². The van der Waals surface area contributed by atoms with Gasteiger partial charge in [-0.25, -0.2) is 4.21 Å². The van der Waals surface area contributed by atoms with Crippen molar-refractivity contribution in [3.05, 3.63) is 17.5 Å². The predicted molar refractivity (Wildman–Crippen MR) is 49.7 cm³/mol. The smallest absolute Gasteiger partial charge is 0.159 e. The maximum atomic E-state index is 10.5. The Morgan fingerprint density at radius 1 is 1.62 bits per heavy atom. The van der Waals surface area contributed by atoms with E-state index in [9.17, 15) is 4.21 Å². The van der Waals surface area contributed by atoms with Crippen LogP contribution in [0.15, 0.2) is 10.6 Å². The van der Waals surface area contributed by atoms with Gasteiger partial charge in [0.05, 0.1) is 11.4 Å². The summed E-state index contributed by atoms with van der Waals surface area (Å²) in [7, 11) is 0. The summed E-state index contributed by atoms with van der Waals surface area (Å²) < 4.78 is 24.1. The summed E-state index contributed by atoms with van der Waals surface area (Å²) in [5.41, 5.74) is 0.410. The summed E-state index contributed by atoms with van der Waals surface area (Å²) in [4.78, 5) is 0. The third-order valence-corrected chi connectivity index (χ3v) is 2.11. The minimum absolute atomic E-state index is 0.0274. The Kier molecular flexibility index (Phi) is 2.87. The van der Waals surface area contributed by atoms with Crippen LogP contribution in [0.4, 0.5) is 0 Å². The molecule has 13 heavy (non-hydrogen) atoms. The van der Waals surface area contributed by atoms with Crippen molar-refractivity contribution in [2.24, 2.45) is 0 Å². The first-order valence-electron chi connectivity index (χ1n) is 3.93. The van der Waals surface area contributed by atoms with E-state index in [1.165, 1.54) is 0 Å². The number of rotatable bonds is 2. The van der Waals surface area contributed by atoms with E-state index in [-0.39, 0.29) is 11.2 Å². The molecule has 0 aliphatic carbocycles. The van der Waals surface area contributed by atoms with Crippen LogP contribution in [0, 0.1) is 0 Å². The van der Waals surface area contributed by atoms with Gasteiger partial charge in [-0.1, -0.05) is 25.9 Å². The van der Waals surface area contributed by atoms with Gasteiger partial charge in [0.2, 0.25) is 0 Å². The van der Waals surface area contributed by atoms with Crippen molar-refractivity contribution in [2.75, 3.05) is 0 Å². The highest BCUT2D eigenvalue weighted by molar-refractivity contribution is 7.78. The average Bonchev–Trinajstić information content (AvgIpc) is 2.32. The van der Waals surface area contributed by atoms with Crippen LogP contribution in [0.1, 0.15) is 32.2 Å². The van der Waals surface area contributed by atoms with Crippen LogP contribution in [0.25, 0.3) is 0 Å². The predicted octanol–water partition coefficient (Wildman–Crippen LogP) is 1.69. The Morgan fingerprint density at radius 2 is 2.23 bits per heavy atom. The summed E-state index contributed by atoms with van der Waals surface area (Å²) >= 11 is -1.85. The lowest BCUT2D eigenvalue weighted by atomic mass is 9.93. The summed E-state index contributed by atoms with van der Waals surface area (Å²) in [6, 6.07) is 1.72. The fraction of sp³-hybridized carbons (Fsp3) is 0.625. The molecule has 1 aromatic rings. The second kappa shape index (κ2) is 3.59. The molecular weight excluding hydrogens is 190 g/mol. The Hall–Kier alpha value is -0.680. The first-order valence-corrected chi connectivity index (χ1v) is 5.20. The second-order valence-electron chi connectivity index (χ2n) is 3.90. The highest BCUT2D eigenvalue weighted by Crippen LogP contribution is 2.22. The lowest BCUT2D eigenvalue weighted by Gasteiger charge is -2.12. The van der Waals surface area contributed by atoms with Gasteiger partial charge in [-0.2, -0.15) is 0 Å². The molecule has 1 atom stereocenters. The Balaban J connectivity index is 2.81. The van der Waals surface area contributed by atoms with Crippen molar-refractivity contribution in [1.82, 2.24) is 5.16 Å². The summed E-state index contributed by atoms with van der Waals surface area (Å²) in [5.74, 6) is 0.757. The highest BCUT2D eigenvalue weighted by atomic mass is 32.2. The molecule has 0 fully saturated rings. The molecule has 0 amide bonds. The number of aromatic nitrogens is 1. The van der Waals surface area contributed by atoms with Crippen molar-refractivity contribution in [3.8, 4) is 0 Å². The van der Waals surface area contributed by atoms with Gasteiger partial charge >= 0.3 is 0 Å². The van der Waals surface area contributed by atoms with Gasteiger partial charge in [0.15, 0.2) is 11.1 Å². The lowest BCUT2D eigenvalue weighted by molar-refractivity contribution is 0.326. The average molecular weight is 203 g/mol. The summed E-state index contributed by atoms with van der Waals surface area (Å²) in [5, 5.41) is 3.69. The molecule has 4 nitrogen and oxygen atoms in total. The first-order chi connectivity index (χ1) is 5.89. The van der Waals surface area contributed by atoms with Crippen LogP contribution in [0.3, 0.4) is 0 Å². The van der Waals surface area contributed by atoms with Gasteiger partial charge in [0.25, 0.3) is 0 Å². The van der Waals surface area contributed by atoms with E-state index in [0.717, 1.165) is 5.76 Å². The molecule has 74 valence electrons. The molecule has 5 heteroatoms.